The molecule has 18 heavy (non-hydrogen) atoms. The fraction of sp³-hybridized carbons (Fsp3) is 0.583. The Labute approximate surface area is 112 Å². The summed E-state index contributed by atoms with van der Waals surface area (Å²) >= 11 is 5.98. The number of nitrogens with zero attached hydrogens (tertiary/aromatic N) is 2. The molecule has 0 aliphatic carbocycles. The van der Waals surface area contributed by atoms with Crippen LogP contribution in [0.3, 0.4) is 0 Å². The second kappa shape index (κ2) is 7.16. The van der Waals surface area contributed by atoms with E-state index in [1.54, 1.807) is 6.92 Å². The number of carbonyl (C=O) groups excluding carboxylic acids is 1. The van der Waals surface area contributed by atoms with E-state index < -0.39 is 0 Å². The highest BCUT2D eigenvalue weighted by Gasteiger charge is 2.15. The third-order valence-electron chi connectivity index (χ3n) is 2.54. The minimum absolute atomic E-state index is 0.0476. The van der Waals surface area contributed by atoms with Crippen molar-refractivity contribution in [1.82, 2.24) is 15.3 Å². The van der Waals surface area contributed by atoms with Crippen LogP contribution in [0, 0.1) is 0 Å². The molecule has 0 aromatic carbocycles. The normalized spacial score (nSPS) is 12.0. The van der Waals surface area contributed by atoms with Crippen molar-refractivity contribution in [2.24, 2.45) is 0 Å². The van der Waals surface area contributed by atoms with Gasteiger partial charge in [0.25, 0.3) is 0 Å². The number of hydrogen-bond donors (Lipinski definition) is 2. The van der Waals surface area contributed by atoms with E-state index in [4.69, 9.17) is 11.6 Å². The average molecular weight is 271 g/mol. The predicted molar refractivity (Wildman–Crippen MR) is 72.8 cm³/mol. The third kappa shape index (κ3) is 3.84. The van der Waals surface area contributed by atoms with Gasteiger partial charge in [-0.15, -0.1) is 0 Å². The molecule has 1 aromatic heterocycles. The van der Waals surface area contributed by atoms with E-state index in [9.17, 15) is 4.79 Å². The quantitative estimate of drug-likeness (QED) is 0.776. The van der Waals surface area contributed by atoms with Gasteiger partial charge >= 0.3 is 0 Å². The summed E-state index contributed by atoms with van der Waals surface area (Å²) in [7, 11) is 0. The molecule has 1 atom stereocenters. The summed E-state index contributed by atoms with van der Waals surface area (Å²) in [6.07, 6.45) is 3.02. The highest BCUT2D eigenvalue weighted by atomic mass is 35.5. The number of rotatable bonds is 6. The molecule has 2 N–H and O–H groups in total. The minimum atomic E-state index is -0.354. The molecule has 1 rings (SSSR count). The highest BCUT2D eigenvalue weighted by Crippen LogP contribution is 2.20. The van der Waals surface area contributed by atoms with Crippen LogP contribution in [0.5, 0.6) is 0 Å². The van der Waals surface area contributed by atoms with Gasteiger partial charge in [-0.3, -0.25) is 4.79 Å². The molecule has 1 unspecified atom stereocenters. The lowest BCUT2D eigenvalue weighted by atomic mass is 10.2. The van der Waals surface area contributed by atoms with E-state index in [0.29, 0.717) is 23.9 Å². The maximum Gasteiger partial charge on any atom is 0.242 e. The van der Waals surface area contributed by atoms with Crippen LogP contribution in [0.25, 0.3) is 0 Å². The van der Waals surface area contributed by atoms with Crippen LogP contribution >= 0.6 is 11.6 Å². The number of hydrogen-bond acceptors (Lipinski definition) is 4. The molecule has 0 aliphatic rings. The number of carbonyl (C=O) groups is 1. The molecule has 0 radical (unpaired) electrons. The second-order valence-electron chi connectivity index (χ2n) is 4.00. The number of halogens is 1. The van der Waals surface area contributed by atoms with Crippen molar-refractivity contribution in [2.45, 2.75) is 39.7 Å². The summed E-state index contributed by atoms with van der Waals surface area (Å²) in [5.41, 5.74) is 0.828. The van der Waals surface area contributed by atoms with Gasteiger partial charge < -0.3 is 10.6 Å². The van der Waals surface area contributed by atoms with Crippen LogP contribution in [-0.4, -0.2) is 28.5 Å². The topological polar surface area (TPSA) is 66.9 Å². The van der Waals surface area contributed by atoms with Crippen LogP contribution in [0.15, 0.2) is 6.33 Å². The number of amides is 1. The molecule has 1 aromatic rings. The summed E-state index contributed by atoms with van der Waals surface area (Å²) in [4.78, 5) is 19.8. The van der Waals surface area contributed by atoms with Crippen LogP contribution < -0.4 is 10.6 Å². The molecule has 0 aliphatic heterocycles. The monoisotopic (exact) mass is 270 g/mol. The Morgan fingerprint density at radius 2 is 2.17 bits per heavy atom. The molecule has 0 saturated carbocycles. The van der Waals surface area contributed by atoms with Crippen LogP contribution in [0.4, 0.5) is 5.82 Å². The molecule has 0 saturated heterocycles. The van der Waals surface area contributed by atoms with Gasteiger partial charge in [0.15, 0.2) is 0 Å². The minimum Gasteiger partial charge on any atom is -0.358 e. The Balaban J connectivity index is 2.72. The van der Waals surface area contributed by atoms with E-state index in [0.717, 1.165) is 12.0 Å². The first-order chi connectivity index (χ1) is 8.60. The maximum absolute atomic E-state index is 11.7. The molecular weight excluding hydrogens is 252 g/mol. The Morgan fingerprint density at radius 1 is 1.44 bits per heavy atom. The van der Waals surface area contributed by atoms with Gasteiger partial charge in [-0.2, -0.15) is 0 Å². The van der Waals surface area contributed by atoms with E-state index in [2.05, 4.69) is 20.6 Å². The molecule has 5 nitrogen and oxygen atoms in total. The highest BCUT2D eigenvalue weighted by molar-refractivity contribution is 6.30. The first-order valence-electron chi connectivity index (χ1n) is 6.13. The summed E-state index contributed by atoms with van der Waals surface area (Å²) < 4.78 is 0. The maximum atomic E-state index is 11.7. The molecular formula is C12H19ClN4O. The number of nitrogens with one attached hydrogen (secondary N) is 2. The zero-order chi connectivity index (χ0) is 13.5. The Morgan fingerprint density at radius 3 is 2.78 bits per heavy atom. The molecule has 0 fully saturated rings. The lowest BCUT2D eigenvalue weighted by molar-refractivity contribution is -0.121. The van der Waals surface area contributed by atoms with Crippen molar-refractivity contribution >= 4 is 23.3 Å². The largest absolute Gasteiger partial charge is 0.358 e. The van der Waals surface area contributed by atoms with Crippen molar-refractivity contribution in [2.75, 3.05) is 11.9 Å². The summed E-state index contributed by atoms with van der Waals surface area (Å²) in [6.45, 7) is 6.45. The molecule has 100 valence electrons. The first kappa shape index (κ1) is 14.7. The Hall–Kier alpha value is -1.36. The number of aromatic nitrogens is 2. The zero-order valence-electron chi connectivity index (χ0n) is 11.0. The average Bonchev–Trinajstić information content (AvgIpc) is 2.36. The van der Waals surface area contributed by atoms with Crippen molar-refractivity contribution in [1.29, 1.82) is 0 Å². The zero-order valence-corrected chi connectivity index (χ0v) is 11.7. The van der Waals surface area contributed by atoms with Gasteiger partial charge in [-0.05, 0) is 19.8 Å². The molecule has 0 bridgehead atoms. The Kier molecular flexibility index (Phi) is 5.85. The summed E-state index contributed by atoms with van der Waals surface area (Å²) in [6, 6.07) is -0.354. The predicted octanol–water partition coefficient (Wildman–Crippen LogP) is 2.02. The fourth-order valence-electron chi connectivity index (χ4n) is 1.50. The van der Waals surface area contributed by atoms with E-state index in [-0.39, 0.29) is 11.9 Å². The van der Waals surface area contributed by atoms with Gasteiger partial charge in [-0.1, -0.05) is 25.4 Å². The van der Waals surface area contributed by atoms with Crippen LogP contribution in [0.2, 0.25) is 5.15 Å². The van der Waals surface area contributed by atoms with Gasteiger partial charge in [0.2, 0.25) is 5.91 Å². The third-order valence-corrected chi connectivity index (χ3v) is 2.87. The van der Waals surface area contributed by atoms with Gasteiger partial charge in [0, 0.05) is 12.1 Å². The SMILES string of the molecule is CCCNC(=O)C(C)Nc1ncnc(Cl)c1CC. The first-order valence-corrected chi connectivity index (χ1v) is 6.51. The van der Waals surface area contributed by atoms with Crippen LogP contribution in [0.1, 0.15) is 32.8 Å². The van der Waals surface area contributed by atoms with E-state index in [1.807, 2.05) is 13.8 Å². The van der Waals surface area contributed by atoms with E-state index in [1.165, 1.54) is 6.33 Å². The van der Waals surface area contributed by atoms with Crippen molar-refractivity contribution in [3.05, 3.63) is 17.0 Å². The standard InChI is InChI=1S/C12H19ClN4O/c1-4-6-14-12(18)8(3)17-11-9(5-2)10(13)15-7-16-11/h7-8H,4-6H2,1-3H3,(H,14,18)(H,15,16,17). The second-order valence-corrected chi connectivity index (χ2v) is 4.36. The van der Waals surface area contributed by atoms with Crippen molar-refractivity contribution in [3.63, 3.8) is 0 Å². The molecule has 1 amide bonds. The lowest BCUT2D eigenvalue weighted by Crippen LogP contribution is -2.38. The van der Waals surface area contributed by atoms with Gasteiger partial charge in [-0.25, -0.2) is 9.97 Å². The Bertz CT molecular complexity index is 411. The van der Waals surface area contributed by atoms with Crippen molar-refractivity contribution < 1.29 is 4.79 Å². The molecule has 6 heteroatoms. The van der Waals surface area contributed by atoms with E-state index >= 15 is 0 Å². The van der Waals surface area contributed by atoms with Gasteiger partial charge in [0.05, 0.1) is 0 Å². The molecule has 1 heterocycles. The smallest absolute Gasteiger partial charge is 0.242 e. The lowest BCUT2D eigenvalue weighted by Gasteiger charge is -2.16. The summed E-state index contributed by atoms with van der Waals surface area (Å²) in [5, 5.41) is 6.32. The van der Waals surface area contributed by atoms with Crippen LogP contribution in [-0.2, 0) is 11.2 Å². The van der Waals surface area contributed by atoms with Crippen molar-refractivity contribution in [3.8, 4) is 0 Å². The van der Waals surface area contributed by atoms with Gasteiger partial charge in [0.1, 0.15) is 23.3 Å². The number of anilines is 1. The summed E-state index contributed by atoms with van der Waals surface area (Å²) in [5.74, 6) is 0.574. The fourth-order valence-corrected chi connectivity index (χ4v) is 1.77. The molecule has 0 spiro atoms.